The van der Waals surface area contributed by atoms with E-state index >= 15 is 0 Å². The van der Waals surface area contributed by atoms with Crippen LogP contribution < -0.4 is 30.9 Å². The van der Waals surface area contributed by atoms with Crippen LogP contribution in [-0.2, 0) is 22.4 Å². The van der Waals surface area contributed by atoms with Crippen LogP contribution in [0.5, 0.6) is 5.75 Å². The summed E-state index contributed by atoms with van der Waals surface area (Å²) in [6, 6.07) is 13.8. The summed E-state index contributed by atoms with van der Waals surface area (Å²) in [5.74, 6) is 1.02. The molecule has 3 saturated heterocycles. The lowest BCUT2D eigenvalue weighted by atomic mass is 10.00. The van der Waals surface area contributed by atoms with Crippen LogP contribution in [0.2, 0.25) is 0 Å². The Morgan fingerprint density at radius 2 is 1.67 bits per heavy atom. The molecular weight excluding hydrogens is 887 g/mol. The van der Waals surface area contributed by atoms with E-state index in [0.29, 0.717) is 62.2 Å². The number of hydrogen-bond acceptors (Lipinski definition) is 14. The highest BCUT2D eigenvalue weighted by Crippen LogP contribution is 2.42. The average Bonchev–Trinajstić information content (AvgIpc) is 3.59. The predicted molar refractivity (Wildman–Crippen MR) is 246 cm³/mol. The van der Waals surface area contributed by atoms with E-state index < -0.39 is 13.2 Å². The molecule has 3 aromatic carbocycles. The fraction of sp³-hybridized carbons (Fsp3) is 0.386. The summed E-state index contributed by atoms with van der Waals surface area (Å²) >= 11 is 3.59. The molecule has 5 aromatic rings. The van der Waals surface area contributed by atoms with Crippen molar-refractivity contribution in [3.63, 3.8) is 0 Å². The predicted octanol–water partition coefficient (Wildman–Crippen LogP) is 5.83. The number of nitrogens with one attached hydrogen (secondary N) is 3. The Morgan fingerprint density at radius 3 is 2.41 bits per heavy atom. The van der Waals surface area contributed by atoms with Gasteiger partial charge >= 0.3 is 6.03 Å². The van der Waals surface area contributed by atoms with Gasteiger partial charge in [-0.3, -0.25) is 34.7 Å². The number of piperidine rings is 1. The van der Waals surface area contributed by atoms with Crippen molar-refractivity contribution in [2.75, 3.05) is 81.8 Å². The molecule has 0 unspecified atom stereocenters. The maximum Gasteiger partial charge on any atom is 0.342 e. The minimum Gasteiger partial charge on any atom is -0.494 e. The Bertz CT molecular complexity index is 2660. The summed E-state index contributed by atoms with van der Waals surface area (Å²) < 4.78 is 20.1. The number of hydrogen-bond donors (Lipinski definition) is 3. The van der Waals surface area contributed by atoms with Gasteiger partial charge in [0.25, 0.3) is 5.91 Å². The minimum atomic E-state index is -2.77. The number of fused-ring (bicyclic) bond motifs is 2. The van der Waals surface area contributed by atoms with Gasteiger partial charge in [-0.25, -0.2) is 19.8 Å². The number of nitrogens with zero attached hydrogens (tertiary/aromatic N) is 9. The molecular formula is C44H50BrN12O5P. The zero-order chi connectivity index (χ0) is 44.0. The maximum atomic E-state index is 13.5. The molecule has 328 valence electrons. The van der Waals surface area contributed by atoms with Crippen LogP contribution in [0, 0.1) is 6.92 Å². The van der Waals surface area contributed by atoms with Crippen LogP contribution in [0.25, 0.3) is 11.0 Å². The van der Waals surface area contributed by atoms with Crippen molar-refractivity contribution in [1.29, 1.82) is 0 Å². The third kappa shape index (κ3) is 8.81. The third-order valence-corrected chi connectivity index (χ3v) is 14.4. The zero-order valence-electron chi connectivity index (χ0n) is 35.7. The number of anilines is 5. The molecule has 3 fully saturated rings. The molecule has 2 aromatic heterocycles. The quantitative estimate of drug-likeness (QED) is 0.135. The van der Waals surface area contributed by atoms with E-state index in [0.717, 1.165) is 86.7 Å². The van der Waals surface area contributed by atoms with E-state index in [1.165, 1.54) is 10.0 Å². The second-order valence-electron chi connectivity index (χ2n) is 16.8. The molecule has 4 aliphatic rings. The molecule has 63 heavy (non-hydrogen) atoms. The highest BCUT2D eigenvalue weighted by Gasteiger charge is 2.37. The van der Waals surface area contributed by atoms with Gasteiger partial charge in [-0.05, 0) is 90.0 Å². The van der Waals surface area contributed by atoms with E-state index in [4.69, 9.17) is 9.72 Å². The van der Waals surface area contributed by atoms with Crippen molar-refractivity contribution in [2.45, 2.75) is 45.3 Å². The molecule has 17 nitrogen and oxygen atoms in total. The van der Waals surface area contributed by atoms with E-state index in [-0.39, 0.29) is 24.8 Å². The first-order chi connectivity index (χ1) is 30.3. The molecule has 0 spiro atoms. The molecule has 0 aliphatic carbocycles. The van der Waals surface area contributed by atoms with Crippen LogP contribution in [0.4, 0.5) is 33.6 Å². The van der Waals surface area contributed by atoms with Crippen LogP contribution >= 0.6 is 23.1 Å². The van der Waals surface area contributed by atoms with Crippen molar-refractivity contribution in [1.82, 2.24) is 45.1 Å². The van der Waals surface area contributed by atoms with Crippen LogP contribution in [0.15, 0.2) is 65.5 Å². The van der Waals surface area contributed by atoms with E-state index in [2.05, 4.69) is 86.7 Å². The fourth-order valence-corrected chi connectivity index (χ4v) is 10.9. The molecule has 19 heteroatoms. The highest BCUT2D eigenvalue weighted by atomic mass is 79.9. The van der Waals surface area contributed by atoms with E-state index in [1.54, 1.807) is 39.0 Å². The Morgan fingerprint density at radius 1 is 0.889 bits per heavy atom. The Labute approximate surface area is 374 Å². The first kappa shape index (κ1) is 42.6. The van der Waals surface area contributed by atoms with Gasteiger partial charge < -0.3 is 24.8 Å². The molecule has 4 aliphatic heterocycles. The molecule has 4 amide bonds. The van der Waals surface area contributed by atoms with Gasteiger partial charge in [-0.2, -0.15) is 4.98 Å². The monoisotopic (exact) mass is 936 g/mol. The topological polar surface area (TPSA) is 181 Å². The number of benzene rings is 3. The first-order valence-corrected chi connectivity index (χ1v) is 24.5. The number of urea groups is 1. The number of aromatic nitrogens is 4. The molecule has 0 bridgehead atoms. The number of aryl methyl sites for hydroxylation is 1. The van der Waals surface area contributed by atoms with Crippen molar-refractivity contribution in [3.05, 3.63) is 87.8 Å². The fourth-order valence-electron chi connectivity index (χ4n) is 9.17. The van der Waals surface area contributed by atoms with Gasteiger partial charge in [-0.15, -0.1) is 0 Å². The van der Waals surface area contributed by atoms with Gasteiger partial charge in [0.2, 0.25) is 11.9 Å². The smallest absolute Gasteiger partial charge is 0.342 e. The molecule has 3 N–H and O–H groups in total. The number of methoxy groups -OCH3 is 1. The average molecular weight is 938 g/mol. The number of halogens is 1. The van der Waals surface area contributed by atoms with Crippen LogP contribution in [0.1, 0.15) is 46.3 Å². The van der Waals surface area contributed by atoms with Crippen molar-refractivity contribution in [3.8, 4) is 5.75 Å². The van der Waals surface area contributed by atoms with E-state index in [9.17, 15) is 18.9 Å². The lowest BCUT2D eigenvalue weighted by Crippen LogP contribution is -2.56. The highest BCUT2D eigenvalue weighted by molar-refractivity contribution is 9.10. The zero-order valence-corrected chi connectivity index (χ0v) is 38.2. The molecule has 0 saturated carbocycles. The molecule has 0 radical (unpaired) electrons. The largest absolute Gasteiger partial charge is 0.494 e. The number of rotatable bonds is 11. The van der Waals surface area contributed by atoms with Crippen molar-refractivity contribution in [2.24, 2.45) is 0 Å². The second kappa shape index (κ2) is 17.5. The number of ether oxygens (including phenoxy) is 1. The molecule has 0 atom stereocenters. The standard InChI is InChI=1S/C44H50BrN12O5P/c1-27-21-35(50-43-48-24-32(45)41(52-43)49-34-8-7-33-39(47-13-12-46-33)40(34)63(3,4)61)37(62-2)23-36(27)55-14-9-30(10-15-55)54-19-17-53(18-20-54)25-28-5-6-31-29(22-28)26-57(42(31)59)56-16-11-38(58)51-44(56)60/h5-8,12-13,21-24,30H,9-11,14-20,25-26H2,1-4H3,(H,51,58,60)(H2,48,49,50,52). The molecule has 6 heterocycles. The van der Waals surface area contributed by atoms with Crippen LogP contribution in [-0.4, -0.2) is 130 Å². The number of carbonyl (C=O) groups excluding carboxylic acids is 3. The summed E-state index contributed by atoms with van der Waals surface area (Å²) in [6.07, 6.45) is 7.21. The summed E-state index contributed by atoms with van der Waals surface area (Å²) in [4.78, 5) is 62.9. The number of hydrazine groups is 1. The van der Waals surface area contributed by atoms with Gasteiger partial charge in [0.05, 0.1) is 46.9 Å². The molecule has 9 rings (SSSR count). The van der Waals surface area contributed by atoms with Gasteiger partial charge in [-0.1, -0.05) is 12.1 Å². The summed E-state index contributed by atoms with van der Waals surface area (Å²) in [5, 5.41) is 12.4. The maximum absolute atomic E-state index is 13.5. The Balaban J connectivity index is 0.795. The van der Waals surface area contributed by atoms with Gasteiger partial charge in [0.1, 0.15) is 24.2 Å². The third-order valence-electron chi connectivity index (χ3n) is 12.3. The first-order valence-electron chi connectivity index (χ1n) is 21.1. The summed E-state index contributed by atoms with van der Waals surface area (Å²) in [5.41, 5.74) is 7.56. The summed E-state index contributed by atoms with van der Waals surface area (Å²) in [6.45, 7) is 12.7. The number of amides is 4. The number of imide groups is 1. The van der Waals surface area contributed by atoms with Gasteiger partial charge in [0, 0.05) is 94.2 Å². The minimum absolute atomic E-state index is 0.175. The van der Waals surface area contributed by atoms with Gasteiger partial charge in [0.15, 0.2) is 0 Å². The Kier molecular flexibility index (Phi) is 11.8. The van der Waals surface area contributed by atoms with Crippen molar-refractivity contribution >= 4 is 86.1 Å². The van der Waals surface area contributed by atoms with E-state index in [1.807, 2.05) is 24.3 Å². The normalized spacial score (nSPS) is 17.9. The lowest BCUT2D eigenvalue weighted by Gasteiger charge is -2.43. The second-order valence-corrected chi connectivity index (χ2v) is 20.8. The summed E-state index contributed by atoms with van der Waals surface area (Å²) in [7, 11) is -1.11. The number of piperazine rings is 1. The van der Waals surface area contributed by atoms with Crippen molar-refractivity contribution < 1.29 is 23.7 Å². The SMILES string of the molecule is COc1cc(N2CCC(N3CCN(Cc4ccc5c(c4)CN(N4CCC(=O)NC4=O)C5=O)CC3)CC2)c(C)cc1Nc1ncc(Br)c(Nc2ccc3nccnc3c2P(C)(C)=O)n1. The number of carbonyl (C=O) groups is 3. The Hall–Kier alpha value is -5.68. The lowest BCUT2D eigenvalue weighted by molar-refractivity contribution is -0.123. The van der Waals surface area contributed by atoms with Crippen LogP contribution in [0.3, 0.4) is 0 Å².